The molecule has 0 bridgehead atoms. The number of hydrogen-bond donors (Lipinski definition) is 2. The number of imide groups is 1. The summed E-state index contributed by atoms with van der Waals surface area (Å²) in [6.07, 6.45) is 0. The number of benzene rings is 2. The lowest BCUT2D eigenvalue weighted by Crippen LogP contribution is -2.32. The number of likely N-dealkylation sites (N-methyl/N-ethyl adjacent to an activating group) is 1. The first kappa shape index (κ1) is 16.8. The van der Waals surface area contributed by atoms with Crippen molar-refractivity contribution < 1.29 is 18.8 Å². The Hall–Kier alpha value is -3.06. The van der Waals surface area contributed by atoms with Crippen LogP contribution in [0.2, 0.25) is 0 Å². The van der Waals surface area contributed by atoms with Gasteiger partial charge in [0, 0.05) is 5.69 Å². The lowest BCUT2D eigenvalue weighted by molar-refractivity contribution is -0.120. The van der Waals surface area contributed by atoms with Gasteiger partial charge in [0.2, 0.25) is 5.91 Å². The fourth-order valence-corrected chi connectivity index (χ4v) is 2.82. The van der Waals surface area contributed by atoms with Gasteiger partial charge in [-0.2, -0.15) is 0 Å². The summed E-state index contributed by atoms with van der Waals surface area (Å²) in [5.41, 5.74) is 1.39. The molecule has 0 fully saturated rings. The summed E-state index contributed by atoms with van der Waals surface area (Å²) in [5.74, 6) is -1.75. The normalized spacial score (nSPS) is 14.2. The Morgan fingerprint density at radius 3 is 2.48 bits per heavy atom. The molecule has 1 atom stereocenters. The molecule has 1 aliphatic heterocycles. The maximum Gasteiger partial charge on any atom is 0.259 e. The first-order valence-corrected chi connectivity index (χ1v) is 7.59. The minimum absolute atomic E-state index is 0.218. The summed E-state index contributed by atoms with van der Waals surface area (Å²) in [6, 6.07) is 9.60. The molecule has 6 nitrogen and oxygen atoms in total. The topological polar surface area (TPSA) is 78.5 Å². The number of nitrogens with zero attached hydrogens (tertiary/aromatic N) is 1. The van der Waals surface area contributed by atoms with Crippen molar-refractivity contribution in [2.24, 2.45) is 0 Å². The highest BCUT2D eigenvalue weighted by molar-refractivity contribution is 6.22. The molecule has 7 heteroatoms. The average molecular weight is 341 g/mol. The number of hydrogen-bond acceptors (Lipinski definition) is 4. The molecule has 2 aromatic carbocycles. The molecule has 25 heavy (non-hydrogen) atoms. The van der Waals surface area contributed by atoms with Gasteiger partial charge >= 0.3 is 0 Å². The molecule has 1 heterocycles. The van der Waals surface area contributed by atoms with E-state index >= 15 is 0 Å². The number of halogens is 1. The molecule has 0 saturated carbocycles. The third-order valence-electron chi connectivity index (χ3n) is 3.93. The van der Waals surface area contributed by atoms with Crippen molar-refractivity contribution in [1.29, 1.82) is 0 Å². The van der Waals surface area contributed by atoms with Gasteiger partial charge in [-0.1, -0.05) is 12.1 Å². The third-order valence-corrected chi connectivity index (χ3v) is 3.93. The summed E-state index contributed by atoms with van der Waals surface area (Å²) in [6.45, 7) is 0. The quantitative estimate of drug-likeness (QED) is 0.833. The van der Waals surface area contributed by atoms with Crippen LogP contribution in [0.25, 0.3) is 0 Å². The molecular weight excluding hydrogens is 325 g/mol. The van der Waals surface area contributed by atoms with E-state index in [9.17, 15) is 18.8 Å². The molecule has 128 valence electrons. The van der Waals surface area contributed by atoms with Crippen LogP contribution in [0.1, 0.15) is 32.3 Å². The zero-order valence-corrected chi connectivity index (χ0v) is 13.7. The van der Waals surface area contributed by atoms with E-state index in [0.29, 0.717) is 11.3 Å². The SMILES string of the molecule is CN(C)C(C(=O)Nc1ccc2c(c1)C(=O)NC2=O)c1cccc(F)c1. The average Bonchev–Trinajstić information content (AvgIpc) is 2.81. The van der Waals surface area contributed by atoms with Crippen LogP contribution in [0.4, 0.5) is 10.1 Å². The Morgan fingerprint density at radius 2 is 1.80 bits per heavy atom. The van der Waals surface area contributed by atoms with Crippen LogP contribution in [0.15, 0.2) is 42.5 Å². The summed E-state index contributed by atoms with van der Waals surface area (Å²) in [5, 5.41) is 4.91. The Kier molecular flexibility index (Phi) is 4.33. The lowest BCUT2D eigenvalue weighted by atomic mass is 10.0. The molecule has 3 amide bonds. The second-order valence-corrected chi connectivity index (χ2v) is 5.95. The number of fused-ring (bicyclic) bond motifs is 1. The molecule has 0 saturated heterocycles. The number of carbonyl (C=O) groups is 3. The van der Waals surface area contributed by atoms with Crippen LogP contribution in [0.3, 0.4) is 0 Å². The van der Waals surface area contributed by atoms with Crippen LogP contribution in [-0.2, 0) is 4.79 Å². The summed E-state index contributed by atoms with van der Waals surface area (Å²) < 4.78 is 13.5. The number of rotatable bonds is 4. The smallest absolute Gasteiger partial charge is 0.259 e. The number of anilines is 1. The molecule has 3 rings (SSSR count). The van der Waals surface area contributed by atoms with Gasteiger partial charge in [0.15, 0.2) is 0 Å². The molecule has 0 radical (unpaired) electrons. The van der Waals surface area contributed by atoms with E-state index in [1.165, 1.54) is 24.3 Å². The highest BCUT2D eigenvalue weighted by Gasteiger charge is 2.28. The van der Waals surface area contributed by atoms with E-state index in [1.54, 1.807) is 37.2 Å². The molecule has 2 N–H and O–H groups in total. The second-order valence-electron chi connectivity index (χ2n) is 5.95. The van der Waals surface area contributed by atoms with Crippen molar-refractivity contribution in [2.75, 3.05) is 19.4 Å². The zero-order chi connectivity index (χ0) is 18.1. The van der Waals surface area contributed by atoms with Crippen LogP contribution in [0, 0.1) is 5.82 Å². The predicted molar refractivity (Wildman–Crippen MR) is 89.7 cm³/mol. The summed E-state index contributed by atoms with van der Waals surface area (Å²) in [7, 11) is 3.42. The van der Waals surface area contributed by atoms with E-state index in [4.69, 9.17) is 0 Å². The lowest BCUT2D eigenvalue weighted by Gasteiger charge is -2.24. The van der Waals surface area contributed by atoms with E-state index < -0.39 is 23.7 Å². The molecule has 0 aliphatic carbocycles. The minimum atomic E-state index is -0.709. The van der Waals surface area contributed by atoms with E-state index in [-0.39, 0.29) is 17.0 Å². The third kappa shape index (κ3) is 3.27. The predicted octanol–water partition coefficient (Wildman–Crippen LogP) is 1.95. The molecule has 2 aromatic rings. The summed E-state index contributed by atoms with van der Waals surface area (Å²) >= 11 is 0. The molecule has 0 aromatic heterocycles. The van der Waals surface area contributed by atoms with Gasteiger partial charge in [0.25, 0.3) is 11.8 Å². The Bertz CT molecular complexity index is 880. The van der Waals surface area contributed by atoms with Crippen LogP contribution < -0.4 is 10.6 Å². The second kappa shape index (κ2) is 6.45. The first-order valence-electron chi connectivity index (χ1n) is 7.59. The molecule has 1 unspecified atom stereocenters. The van der Waals surface area contributed by atoms with Gasteiger partial charge < -0.3 is 5.32 Å². The first-order chi connectivity index (χ1) is 11.9. The zero-order valence-electron chi connectivity index (χ0n) is 13.7. The van der Waals surface area contributed by atoms with Crippen molar-refractivity contribution in [1.82, 2.24) is 10.2 Å². The maximum atomic E-state index is 13.5. The number of carbonyl (C=O) groups excluding carboxylic acids is 3. The van der Waals surface area contributed by atoms with Gasteiger partial charge in [0.1, 0.15) is 11.9 Å². The summed E-state index contributed by atoms with van der Waals surface area (Å²) in [4.78, 5) is 37.6. The van der Waals surface area contributed by atoms with Crippen molar-refractivity contribution in [2.45, 2.75) is 6.04 Å². The van der Waals surface area contributed by atoms with E-state index in [0.717, 1.165) is 0 Å². The van der Waals surface area contributed by atoms with Crippen molar-refractivity contribution in [3.63, 3.8) is 0 Å². The van der Waals surface area contributed by atoms with Gasteiger partial charge in [-0.25, -0.2) is 4.39 Å². The highest BCUT2D eigenvalue weighted by atomic mass is 19.1. The largest absolute Gasteiger partial charge is 0.324 e. The van der Waals surface area contributed by atoms with E-state index in [1.807, 2.05) is 0 Å². The highest BCUT2D eigenvalue weighted by Crippen LogP contribution is 2.24. The van der Waals surface area contributed by atoms with Gasteiger partial charge in [-0.15, -0.1) is 0 Å². The monoisotopic (exact) mass is 341 g/mol. The Morgan fingerprint density at radius 1 is 1.08 bits per heavy atom. The van der Waals surface area contributed by atoms with Crippen molar-refractivity contribution in [3.05, 3.63) is 65.0 Å². The minimum Gasteiger partial charge on any atom is -0.324 e. The van der Waals surface area contributed by atoms with Gasteiger partial charge in [0.05, 0.1) is 11.1 Å². The standard InChI is InChI=1S/C18H16FN3O3/c1-22(2)15(10-4-3-5-11(19)8-10)18(25)20-12-6-7-13-14(9-12)17(24)21-16(13)23/h3-9,15H,1-2H3,(H,20,25)(H,21,23,24). The number of nitrogens with one attached hydrogen (secondary N) is 2. The molecular formula is C18H16FN3O3. The van der Waals surface area contributed by atoms with Gasteiger partial charge in [-0.3, -0.25) is 24.6 Å². The van der Waals surface area contributed by atoms with Crippen molar-refractivity contribution in [3.8, 4) is 0 Å². The van der Waals surface area contributed by atoms with Crippen LogP contribution in [0.5, 0.6) is 0 Å². The van der Waals surface area contributed by atoms with Crippen molar-refractivity contribution >= 4 is 23.4 Å². The Labute approximate surface area is 143 Å². The fraction of sp³-hybridized carbons (Fsp3) is 0.167. The van der Waals surface area contributed by atoms with Crippen LogP contribution in [-0.4, -0.2) is 36.7 Å². The fourth-order valence-electron chi connectivity index (χ4n) is 2.82. The molecule has 0 spiro atoms. The maximum absolute atomic E-state index is 13.5. The van der Waals surface area contributed by atoms with Gasteiger partial charge in [-0.05, 0) is 50.0 Å². The number of amides is 3. The Balaban J connectivity index is 1.86. The van der Waals surface area contributed by atoms with Crippen LogP contribution >= 0.6 is 0 Å². The van der Waals surface area contributed by atoms with E-state index in [2.05, 4.69) is 10.6 Å². The molecule has 1 aliphatic rings.